The third-order valence-corrected chi connectivity index (χ3v) is 4.41. The van der Waals surface area contributed by atoms with E-state index in [0.29, 0.717) is 6.42 Å². The number of aryl methyl sites for hydroxylation is 1. The van der Waals surface area contributed by atoms with Crippen molar-refractivity contribution in [3.8, 4) is 0 Å². The molecule has 0 radical (unpaired) electrons. The first-order chi connectivity index (χ1) is 8.15. The van der Waals surface area contributed by atoms with Gasteiger partial charge >= 0.3 is 5.97 Å². The van der Waals surface area contributed by atoms with Crippen molar-refractivity contribution in [3.63, 3.8) is 0 Å². The van der Waals surface area contributed by atoms with Crippen LogP contribution in [-0.2, 0) is 9.53 Å². The average Bonchev–Trinajstić information content (AvgIpc) is 2.50. The van der Waals surface area contributed by atoms with Crippen LogP contribution in [0.15, 0.2) is 23.1 Å². The minimum Gasteiger partial charge on any atom is -0.469 e. The second-order valence-corrected chi connectivity index (χ2v) is 5.31. The third-order valence-electron chi connectivity index (χ3n) is 3.12. The normalized spacial score (nSPS) is 23.7. The Morgan fingerprint density at radius 1 is 1.53 bits per heavy atom. The number of aliphatic hydroxyl groups is 1. The number of aliphatic hydroxyl groups excluding tert-OH is 1. The van der Waals surface area contributed by atoms with E-state index in [4.69, 9.17) is 4.74 Å². The van der Waals surface area contributed by atoms with Crippen molar-refractivity contribution in [1.82, 2.24) is 0 Å². The predicted octanol–water partition coefficient (Wildman–Crippen LogP) is 2.31. The highest BCUT2D eigenvalue weighted by atomic mass is 32.2. The standard InChI is InChI=1S/C13H16O3S/c1-8-4-3-5-9-11(14)10(13(15)16-2)6-7-17-12(8)9/h3-5,10-11,14H,6-7H2,1-2H3. The molecular weight excluding hydrogens is 236 g/mol. The number of thioether (sulfide) groups is 1. The van der Waals surface area contributed by atoms with Crippen molar-refractivity contribution in [1.29, 1.82) is 0 Å². The SMILES string of the molecule is COC(=O)C1CCSc2c(C)cccc2C1O. The van der Waals surface area contributed by atoms with Crippen LogP contribution in [0, 0.1) is 12.8 Å². The number of hydrogen-bond donors (Lipinski definition) is 1. The first-order valence-electron chi connectivity index (χ1n) is 5.63. The molecular formula is C13H16O3S. The summed E-state index contributed by atoms with van der Waals surface area (Å²) in [4.78, 5) is 12.7. The summed E-state index contributed by atoms with van der Waals surface area (Å²) >= 11 is 1.70. The maximum Gasteiger partial charge on any atom is 0.311 e. The minimum absolute atomic E-state index is 0.326. The van der Waals surface area contributed by atoms with E-state index in [1.54, 1.807) is 11.8 Å². The molecule has 4 heteroatoms. The highest BCUT2D eigenvalue weighted by Gasteiger charge is 2.32. The Labute approximate surface area is 105 Å². The molecule has 1 aromatic rings. The number of carbonyl (C=O) groups excluding carboxylic acids is 1. The van der Waals surface area contributed by atoms with Crippen molar-refractivity contribution in [2.75, 3.05) is 12.9 Å². The number of carbonyl (C=O) groups is 1. The molecule has 0 spiro atoms. The van der Waals surface area contributed by atoms with Crippen molar-refractivity contribution in [3.05, 3.63) is 29.3 Å². The van der Waals surface area contributed by atoms with E-state index in [-0.39, 0.29) is 5.97 Å². The van der Waals surface area contributed by atoms with Gasteiger partial charge in [0, 0.05) is 4.90 Å². The maximum absolute atomic E-state index is 11.6. The highest BCUT2D eigenvalue weighted by molar-refractivity contribution is 7.99. The van der Waals surface area contributed by atoms with Crippen LogP contribution >= 0.6 is 11.8 Å². The molecule has 0 aromatic heterocycles. The van der Waals surface area contributed by atoms with Crippen LogP contribution in [0.4, 0.5) is 0 Å². The average molecular weight is 252 g/mol. The van der Waals surface area contributed by atoms with Gasteiger partial charge < -0.3 is 9.84 Å². The van der Waals surface area contributed by atoms with Gasteiger partial charge in [0.05, 0.1) is 19.1 Å². The second-order valence-electron chi connectivity index (χ2n) is 4.20. The lowest BCUT2D eigenvalue weighted by Gasteiger charge is -2.19. The zero-order chi connectivity index (χ0) is 12.4. The fourth-order valence-corrected chi connectivity index (χ4v) is 3.39. The lowest BCUT2D eigenvalue weighted by molar-refractivity contribution is -0.149. The van der Waals surface area contributed by atoms with Gasteiger partial charge in [0.15, 0.2) is 0 Å². The molecule has 3 nitrogen and oxygen atoms in total. The van der Waals surface area contributed by atoms with E-state index in [2.05, 4.69) is 0 Å². The second kappa shape index (κ2) is 5.10. The summed E-state index contributed by atoms with van der Waals surface area (Å²) in [5, 5.41) is 10.3. The Balaban J connectivity index is 2.39. The first kappa shape index (κ1) is 12.5. The summed E-state index contributed by atoms with van der Waals surface area (Å²) in [5.74, 6) is 0.0531. The molecule has 0 bridgehead atoms. The molecule has 1 N–H and O–H groups in total. The van der Waals surface area contributed by atoms with Crippen LogP contribution in [0.3, 0.4) is 0 Å². The Morgan fingerprint density at radius 3 is 3.00 bits per heavy atom. The smallest absolute Gasteiger partial charge is 0.311 e. The Kier molecular flexibility index (Phi) is 3.74. The van der Waals surface area contributed by atoms with Crippen LogP contribution in [-0.4, -0.2) is 23.9 Å². The van der Waals surface area contributed by atoms with Gasteiger partial charge in [-0.15, -0.1) is 11.8 Å². The molecule has 1 aromatic carbocycles. The number of ether oxygens (including phenoxy) is 1. The maximum atomic E-state index is 11.6. The Morgan fingerprint density at radius 2 is 2.29 bits per heavy atom. The van der Waals surface area contributed by atoms with E-state index < -0.39 is 12.0 Å². The summed E-state index contributed by atoms with van der Waals surface area (Å²) in [5.41, 5.74) is 2.00. The lowest BCUT2D eigenvalue weighted by Crippen LogP contribution is -2.23. The van der Waals surface area contributed by atoms with Crippen LogP contribution in [0.5, 0.6) is 0 Å². The molecule has 0 fully saturated rings. The summed E-state index contributed by atoms with van der Waals surface area (Å²) in [7, 11) is 1.37. The van der Waals surface area contributed by atoms with Crippen LogP contribution < -0.4 is 0 Å². The fraction of sp³-hybridized carbons (Fsp3) is 0.462. The summed E-state index contributed by atoms with van der Waals surface area (Å²) in [6.07, 6.45) is -0.112. The van der Waals surface area contributed by atoms with Crippen molar-refractivity contribution in [2.24, 2.45) is 5.92 Å². The number of fused-ring (bicyclic) bond motifs is 1. The molecule has 17 heavy (non-hydrogen) atoms. The molecule has 1 heterocycles. The van der Waals surface area contributed by atoms with Gasteiger partial charge in [0.2, 0.25) is 0 Å². The molecule has 2 unspecified atom stereocenters. The quantitative estimate of drug-likeness (QED) is 0.779. The van der Waals surface area contributed by atoms with Gasteiger partial charge in [-0.1, -0.05) is 18.2 Å². The minimum atomic E-state index is -0.757. The summed E-state index contributed by atoms with van der Waals surface area (Å²) in [6, 6.07) is 5.83. The Bertz CT molecular complexity index is 431. The molecule has 1 aliphatic rings. The molecule has 2 atom stereocenters. The van der Waals surface area contributed by atoms with E-state index in [0.717, 1.165) is 21.8 Å². The largest absolute Gasteiger partial charge is 0.469 e. The van der Waals surface area contributed by atoms with Crippen LogP contribution in [0.25, 0.3) is 0 Å². The number of rotatable bonds is 1. The third kappa shape index (κ3) is 2.33. The zero-order valence-corrected chi connectivity index (χ0v) is 10.8. The van der Waals surface area contributed by atoms with E-state index >= 15 is 0 Å². The molecule has 1 aliphatic heterocycles. The van der Waals surface area contributed by atoms with Crippen molar-refractivity contribution < 1.29 is 14.6 Å². The van der Waals surface area contributed by atoms with Crippen molar-refractivity contribution in [2.45, 2.75) is 24.3 Å². The Hall–Kier alpha value is -1.00. The van der Waals surface area contributed by atoms with E-state index in [1.807, 2.05) is 25.1 Å². The van der Waals surface area contributed by atoms with Gasteiger partial charge in [-0.2, -0.15) is 0 Å². The molecule has 0 saturated carbocycles. The monoisotopic (exact) mass is 252 g/mol. The molecule has 0 amide bonds. The van der Waals surface area contributed by atoms with Gasteiger partial charge in [-0.05, 0) is 30.2 Å². The van der Waals surface area contributed by atoms with E-state index in [1.165, 1.54) is 7.11 Å². The molecule has 2 rings (SSSR count). The van der Waals surface area contributed by atoms with Gasteiger partial charge in [0.25, 0.3) is 0 Å². The van der Waals surface area contributed by atoms with Crippen LogP contribution in [0.2, 0.25) is 0 Å². The number of methoxy groups -OCH3 is 1. The van der Waals surface area contributed by atoms with E-state index in [9.17, 15) is 9.90 Å². The predicted molar refractivity (Wildman–Crippen MR) is 67.0 cm³/mol. The highest BCUT2D eigenvalue weighted by Crippen LogP contribution is 2.39. The number of hydrogen-bond acceptors (Lipinski definition) is 4. The summed E-state index contributed by atoms with van der Waals surface area (Å²) < 4.78 is 4.75. The van der Waals surface area contributed by atoms with Crippen LogP contribution in [0.1, 0.15) is 23.7 Å². The summed E-state index contributed by atoms with van der Waals surface area (Å²) in [6.45, 7) is 2.02. The molecule has 92 valence electrons. The van der Waals surface area contributed by atoms with Gasteiger partial charge in [-0.3, -0.25) is 4.79 Å². The number of esters is 1. The molecule has 0 saturated heterocycles. The topological polar surface area (TPSA) is 46.5 Å². The number of benzene rings is 1. The van der Waals surface area contributed by atoms with Gasteiger partial charge in [-0.25, -0.2) is 0 Å². The lowest BCUT2D eigenvalue weighted by atomic mass is 9.93. The van der Waals surface area contributed by atoms with Gasteiger partial charge in [0.1, 0.15) is 0 Å². The fourth-order valence-electron chi connectivity index (χ4n) is 2.17. The first-order valence-corrected chi connectivity index (χ1v) is 6.62. The zero-order valence-electron chi connectivity index (χ0n) is 9.97. The van der Waals surface area contributed by atoms with Crippen molar-refractivity contribution >= 4 is 17.7 Å². The molecule has 0 aliphatic carbocycles.